The maximum atomic E-state index is 13.9. The Bertz CT molecular complexity index is 970. The Morgan fingerprint density at radius 1 is 1.18 bits per heavy atom. The molecule has 0 aliphatic carbocycles. The van der Waals surface area contributed by atoms with Crippen molar-refractivity contribution in [1.29, 1.82) is 0 Å². The quantitative estimate of drug-likeness (QED) is 0.816. The number of hydrogen-bond acceptors (Lipinski definition) is 4. The molecule has 0 bridgehead atoms. The SMILES string of the molecule is COc1ccc(C)cc1S(=O)(=O)N1C[C@@H]2CNC[C@@H]2[C@H]1c1cccc(F)c1.Cl. The second-order valence-corrected chi connectivity index (χ2v) is 9.17. The van der Waals surface area contributed by atoms with Crippen molar-refractivity contribution < 1.29 is 17.5 Å². The normalized spacial score (nSPS) is 24.6. The molecular weight excluding hydrogens is 403 g/mol. The molecule has 0 amide bonds. The van der Waals surface area contributed by atoms with Crippen LogP contribution in [-0.4, -0.2) is 39.5 Å². The van der Waals surface area contributed by atoms with Crippen LogP contribution in [0.1, 0.15) is 17.2 Å². The van der Waals surface area contributed by atoms with E-state index in [0.717, 1.165) is 18.7 Å². The average molecular weight is 427 g/mol. The highest BCUT2D eigenvalue weighted by molar-refractivity contribution is 7.89. The molecule has 0 unspecified atom stereocenters. The summed E-state index contributed by atoms with van der Waals surface area (Å²) in [7, 11) is -2.33. The summed E-state index contributed by atoms with van der Waals surface area (Å²) in [4.78, 5) is 0.166. The zero-order valence-corrected chi connectivity index (χ0v) is 17.4. The van der Waals surface area contributed by atoms with Gasteiger partial charge < -0.3 is 10.1 Å². The first-order chi connectivity index (χ1) is 12.9. The van der Waals surface area contributed by atoms with Crippen molar-refractivity contribution in [2.45, 2.75) is 17.9 Å². The third-order valence-corrected chi connectivity index (χ3v) is 7.49. The third kappa shape index (κ3) is 3.52. The molecule has 2 fully saturated rings. The number of benzene rings is 2. The van der Waals surface area contributed by atoms with E-state index in [9.17, 15) is 12.8 Å². The molecule has 2 aromatic carbocycles. The average Bonchev–Trinajstić information content (AvgIpc) is 3.23. The molecule has 8 heteroatoms. The van der Waals surface area contributed by atoms with Crippen molar-refractivity contribution in [2.75, 3.05) is 26.7 Å². The van der Waals surface area contributed by atoms with Gasteiger partial charge >= 0.3 is 0 Å². The summed E-state index contributed by atoms with van der Waals surface area (Å²) in [6.45, 7) is 3.76. The smallest absolute Gasteiger partial charge is 0.247 e. The number of hydrogen-bond donors (Lipinski definition) is 1. The van der Waals surface area contributed by atoms with Crippen molar-refractivity contribution in [3.63, 3.8) is 0 Å². The van der Waals surface area contributed by atoms with E-state index < -0.39 is 16.1 Å². The summed E-state index contributed by atoms with van der Waals surface area (Å²) in [5.41, 5.74) is 1.54. The van der Waals surface area contributed by atoms with Gasteiger partial charge in [-0.25, -0.2) is 12.8 Å². The standard InChI is InChI=1S/C20H23FN2O3S.ClH/c1-13-6-7-18(26-2)19(8-13)27(24,25)23-12-15-10-22-11-17(15)20(23)14-4-3-5-16(21)9-14;/h3-9,15,17,20,22H,10-12H2,1-2H3;1H/t15-,17-,20+;/m0./s1. The number of ether oxygens (including phenoxy) is 1. The lowest BCUT2D eigenvalue weighted by molar-refractivity contribution is 0.341. The number of sulfonamides is 1. The van der Waals surface area contributed by atoms with Gasteiger partial charge in [0.2, 0.25) is 10.0 Å². The van der Waals surface area contributed by atoms with Crippen LogP contribution < -0.4 is 10.1 Å². The topological polar surface area (TPSA) is 58.6 Å². The van der Waals surface area contributed by atoms with Crippen LogP contribution in [0.2, 0.25) is 0 Å². The zero-order valence-electron chi connectivity index (χ0n) is 15.8. The van der Waals surface area contributed by atoms with Crippen LogP contribution in [0.3, 0.4) is 0 Å². The van der Waals surface area contributed by atoms with Crippen molar-refractivity contribution in [2.24, 2.45) is 11.8 Å². The minimum atomic E-state index is -3.80. The Hall–Kier alpha value is -1.67. The van der Waals surface area contributed by atoms with E-state index in [1.807, 2.05) is 19.1 Å². The molecule has 2 aromatic rings. The molecule has 3 atom stereocenters. The highest BCUT2D eigenvalue weighted by atomic mass is 35.5. The number of methoxy groups -OCH3 is 1. The Morgan fingerprint density at radius 3 is 2.68 bits per heavy atom. The van der Waals surface area contributed by atoms with E-state index in [1.54, 1.807) is 18.2 Å². The number of rotatable bonds is 4. The minimum Gasteiger partial charge on any atom is -0.495 e. The van der Waals surface area contributed by atoms with E-state index in [2.05, 4.69) is 5.32 Å². The first-order valence-corrected chi connectivity index (χ1v) is 10.5. The van der Waals surface area contributed by atoms with Crippen molar-refractivity contribution in [3.8, 4) is 5.75 Å². The van der Waals surface area contributed by atoms with Gasteiger partial charge in [-0.2, -0.15) is 4.31 Å². The summed E-state index contributed by atoms with van der Waals surface area (Å²) in [6, 6.07) is 11.0. The van der Waals surface area contributed by atoms with E-state index >= 15 is 0 Å². The van der Waals surface area contributed by atoms with Gasteiger partial charge in [-0.15, -0.1) is 12.4 Å². The van der Waals surface area contributed by atoms with Gasteiger partial charge in [0.05, 0.1) is 13.2 Å². The predicted molar refractivity (Wildman–Crippen MR) is 108 cm³/mol. The summed E-state index contributed by atoms with van der Waals surface area (Å²) >= 11 is 0. The van der Waals surface area contributed by atoms with Crippen molar-refractivity contribution >= 4 is 22.4 Å². The van der Waals surface area contributed by atoms with E-state index in [1.165, 1.54) is 23.5 Å². The number of nitrogens with one attached hydrogen (secondary N) is 1. The zero-order chi connectivity index (χ0) is 19.2. The molecule has 0 radical (unpaired) electrons. The molecule has 1 N–H and O–H groups in total. The Labute approximate surface area is 171 Å². The van der Waals surface area contributed by atoms with Crippen LogP contribution in [-0.2, 0) is 10.0 Å². The van der Waals surface area contributed by atoms with Gasteiger partial charge in [0, 0.05) is 13.1 Å². The molecule has 2 aliphatic rings. The van der Waals surface area contributed by atoms with Gasteiger partial charge in [-0.3, -0.25) is 0 Å². The van der Waals surface area contributed by atoms with Crippen LogP contribution in [0.15, 0.2) is 47.4 Å². The Balaban J connectivity index is 0.00000225. The molecule has 0 saturated carbocycles. The molecule has 2 aliphatic heterocycles. The molecule has 28 heavy (non-hydrogen) atoms. The predicted octanol–water partition coefficient (Wildman–Crippen LogP) is 3.15. The van der Waals surface area contributed by atoms with E-state index in [-0.39, 0.29) is 35.0 Å². The Morgan fingerprint density at radius 2 is 1.96 bits per heavy atom. The molecule has 2 heterocycles. The van der Waals surface area contributed by atoms with Crippen LogP contribution in [0.4, 0.5) is 4.39 Å². The fourth-order valence-corrected chi connectivity index (χ4v) is 6.30. The Kier molecular flexibility index (Phi) is 6.00. The molecule has 152 valence electrons. The first kappa shape index (κ1) is 21.0. The maximum Gasteiger partial charge on any atom is 0.247 e. The summed E-state index contributed by atoms with van der Waals surface area (Å²) in [5.74, 6) is 0.308. The second kappa shape index (κ2) is 7.99. The fraction of sp³-hybridized carbons (Fsp3) is 0.400. The highest BCUT2D eigenvalue weighted by Gasteiger charge is 2.50. The molecular formula is C20H24ClFN2O3S. The second-order valence-electron chi connectivity index (χ2n) is 7.31. The lowest BCUT2D eigenvalue weighted by Gasteiger charge is -2.28. The van der Waals surface area contributed by atoms with Gasteiger partial charge in [0.15, 0.2) is 0 Å². The highest BCUT2D eigenvalue weighted by Crippen LogP contribution is 2.46. The van der Waals surface area contributed by atoms with Gasteiger partial charge in [0.1, 0.15) is 16.5 Å². The fourth-order valence-electron chi connectivity index (χ4n) is 4.34. The lowest BCUT2D eigenvalue weighted by Crippen LogP contribution is -2.35. The van der Waals surface area contributed by atoms with Crippen molar-refractivity contribution in [1.82, 2.24) is 9.62 Å². The summed E-state index contributed by atoms with van der Waals surface area (Å²) < 4.78 is 47.9. The van der Waals surface area contributed by atoms with Gasteiger partial charge in [0.25, 0.3) is 0 Å². The van der Waals surface area contributed by atoms with E-state index in [4.69, 9.17) is 4.74 Å². The largest absolute Gasteiger partial charge is 0.495 e. The summed E-state index contributed by atoms with van der Waals surface area (Å²) in [5, 5.41) is 3.34. The molecule has 0 aromatic heterocycles. The number of nitrogens with zero attached hydrogens (tertiary/aromatic N) is 1. The van der Waals surface area contributed by atoms with E-state index in [0.29, 0.717) is 17.9 Å². The maximum absolute atomic E-state index is 13.9. The number of aryl methyl sites for hydroxylation is 1. The van der Waals surface area contributed by atoms with Crippen molar-refractivity contribution in [3.05, 3.63) is 59.4 Å². The lowest BCUT2D eigenvalue weighted by atomic mass is 9.90. The third-order valence-electron chi connectivity index (χ3n) is 5.62. The van der Waals surface area contributed by atoms with Crippen LogP contribution in [0.5, 0.6) is 5.75 Å². The summed E-state index contributed by atoms with van der Waals surface area (Å²) in [6.07, 6.45) is 0. The molecule has 0 spiro atoms. The van der Waals surface area contributed by atoms with Gasteiger partial charge in [-0.1, -0.05) is 18.2 Å². The van der Waals surface area contributed by atoms with Crippen LogP contribution >= 0.6 is 12.4 Å². The molecule has 5 nitrogen and oxygen atoms in total. The minimum absolute atomic E-state index is 0. The number of halogens is 2. The van der Waals surface area contributed by atoms with Crippen LogP contribution in [0, 0.1) is 24.6 Å². The molecule has 2 saturated heterocycles. The number of fused-ring (bicyclic) bond motifs is 1. The van der Waals surface area contributed by atoms with Crippen LogP contribution in [0.25, 0.3) is 0 Å². The first-order valence-electron chi connectivity index (χ1n) is 9.04. The van der Waals surface area contributed by atoms with Gasteiger partial charge in [-0.05, 0) is 60.7 Å². The molecule has 4 rings (SSSR count). The monoisotopic (exact) mass is 426 g/mol.